The summed E-state index contributed by atoms with van der Waals surface area (Å²) in [7, 11) is -4.12. The van der Waals surface area contributed by atoms with Crippen LogP contribution in [-0.4, -0.2) is 37.3 Å². The predicted molar refractivity (Wildman–Crippen MR) is 87.2 cm³/mol. The normalized spacial score (nSPS) is 16.0. The Morgan fingerprint density at radius 2 is 1.81 bits per heavy atom. The monoisotopic (exact) mass is 386 g/mol. The van der Waals surface area contributed by atoms with Crippen molar-refractivity contribution in [3.05, 3.63) is 30.1 Å². The van der Waals surface area contributed by atoms with Crippen LogP contribution in [0.15, 0.2) is 29.2 Å². The lowest BCUT2D eigenvalue weighted by molar-refractivity contribution is -0.198. The number of benzene rings is 1. The van der Waals surface area contributed by atoms with Crippen molar-refractivity contribution < 1.29 is 32.0 Å². The van der Waals surface area contributed by atoms with Crippen molar-refractivity contribution in [1.82, 2.24) is 9.79 Å². The molecular weight excluding hydrogens is 367 g/mol. The SMILES string of the molecule is CCCC[C@H](NS(=O)(=O)c1ccc(F)cc1)C(=O)ON1C(=O)CCC1=O. The third-order valence-corrected chi connectivity index (χ3v) is 5.23. The van der Waals surface area contributed by atoms with Crippen LogP contribution in [0, 0.1) is 5.82 Å². The van der Waals surface area contributed by atoms with Gasteiger partial charge in [0.1, 0.15) is 11.9 Å². The molecule has 0 saturated carbocycles. The van der Waals surface area contributed by atoms with E-state index in [1.807, 2.05) is 6.92 Å². The Morgan fingerprint density at radius 3 is 2.35 bits per heavy atom. The highest BCUT2D eigenvalue weighted by Crippen LogP contribution is 2.16. The molecule has 1 aliphatic rings. The molecule has 2 rings (SSSR count). The second-order valence-corrected chi connectivity index (χ2v) is 7.48. The minimum atomic E-state index is -4.12. The summed E-state index contributed by atoms with van der Waals surface area (Å²) >= 11 is 0. The number of hydrogen-bond donors (Lipinski definition) is 1. The molecule has 1 N–H and O–H groups in total. The number of nitrogens with one attached hydrogen (secondary N) is 1. The molecule has 1 aromatic carbocycles. The molecule has 10 heteroatoms. The molecule has 1 heterocycles. The van der Waals surface area contributed by atoms with Gasteiger partial charge in [-0.2, -0.15) is 4.72 Å². The van der Waals surface area contributed by atoms with Crippen LogP contribution >= 0.6 is 0 Å². The van der Waals surface area contributed by atoms with Crippen LogP contribution < -0.4 is 4.72 Å². The Labute approximate surface area is 150 Å². The van der Waals surface area contributed by atoms with Crippen molar-refractivity contribution in [1.29, 1.82) is 0 Å². The van der Waals surface area contributed by atoms with Gasteiger partial charge in [0.2, 0.25) is 10.0 Å². The van der Waals surface area contributed by atoms with Crippen LogP contribution in [0.1, 0.15) is 39.0 Å². The first kappa shape index (κ1) is 20.0. The summed E-state index contributed by atoms with van der Waals surface area (Å²) in [5, 5.41) is 0.369. The molecule has 1 fully saturated rings. The Balaban J connectivity index is 2.15. The number of unbranched alkanes of at least 4 members (excludes halogenated alkanes) is 1. The molecule has 2 amide bonds. The van der Waals surface area contributed by atoms with Crippen LogP contribution in [0.5, 0.6) is 0 Å². The predicted octanol–water partition coefficient (Wildman–Crippen LogP) is 1.27. The molecule has 142 valence electrons. The van der Waals surface area contributed by atoms with Crippen LogP contribution in [0.4, 0.5) is 4.39 Å². The molecule has 8 nitrogen and oxygen atoms in total. The fourth-order valence-corrected chi connectivity index (χ4v) is 3.53. The molecule has 0 spiro atoms. The number of imide groups is 1. The van der Waals surface area contributed by atoms with Gasteiger partial charge in [-0.3, -0.25) is 9.59 Å². The quantitative estimate of drug-likeness (QED) is 0.674. The van der Waals surface area contributed by atoms with Crippen molar-refractivity contribution in [2.75, 3.05) is 0 Å². The summed E-state index contributed by atoms with van der Waals surface area (Å²) in [4.78, 5) is 40.0. The lowest BCUT2D eigenvalue weighted by Gasteiger charge is -2.20. The van der Waals surface area contributed by atoms with E-state index in [4.69, 9.17) is 4.84 Å². The highest BCUT2D eigenvalue weighted by atomic mass is 32.2. The van der Waals surface area contributed by atoms with E-state index >= 15 is 0 Å². The summed E-state index contributed by atoms with van der Waals surface area (Å²) in [6.07, 6.45) is 1.18. The van der Waals surface area contributed by atoms with E-state index in [0.29, 0.717) is 17.9 Å². The van der Waals surface area contributed by atoms with E-state index in [9.17, 15) is 27.2 Å². The second-order valence-electron chi connectivity index (χ2n) is 5.76. The van der Waals surface area contributed by atoms with E-state index in [1.165, 1.54) is 0 Å². The fourth-order valence-electron chi connectivity index (χ4n) is 2.31. The highest BCUT2D eigenvalue weighted by molar-refractivity contribution is 7.89. The Hall–Kier alpha value is -2.33. The van der Waals surface area contributed by atoms with Gasteiger partial charge >= 0.3 is 5.97 Å². The van der Waals surface area contributed by atoms with Gasteiger partial charge in [0.25, 0.3) is 11.8 Å². The molecule has 1 aliphatic heterocycles. The Morgan fingerprint density at radius 1 is 1.23 bits per heavy atom. The third-order valence-electron chi connectivity index (χ3n) is 3.74. The van der Waals surface area contributed by atoms with Crippen LogP contribution in [0.25, 0.3) is 0 Å². The fraction of sp³-hybridized carbons (Fsp3) is 0.438. The van der Waals surface area contributed by atoms with Crippen molar-refractivity contribution in [3.8, 4) is 0 Å². The maximum Gasteiger partial charge on any atom is 0.350 e. The van der Waals surface area contributed by atoms with Gasteiger partial charge in [-0.05, 0) is 30.7 Å². The number of rotatable bonds is 8. The molecule has 0 bridgehead atoms. The number of carbonyl (C=O) groups excluding carboxylic acids is 3. The standard InChI is InChI=1S/C16H19FN2O6S/c1-2-3-4-13(16(22)25-19-14(20)9-10-15(19)21)18-26(23,24)12-7-5-11(17)6-8-12/h5-8,13,18H,2-4,9-10H2,1H3/t13-/m0/s1. The topological polar surface area (TPSA) is 110 Å². The summed E-state index contributed by atoms with van der Waals surface area (Å²) in [6, 6.07) is 2.80. The molecule has 26 heavy (non-hydrogen) atoms. The minimum absolute atomic E-state index is 0.0625. The maximum absolute atomic E-state index is 13.0. The molecule has 1 saturated heterocycles. The van der Waals surface area contributed by atoms with E-state index < -0.39 is 39.7 Å². The zero-order chi connectivity index (χ0) is 19.3. The van der Waals surface area contributed by atoms with E-state index in [-0.39, 0.29) is 24.2 Å². The number of halogens is 1. The summed E-state index contributed by atoms with van der Waals surface area (Å²) < 4.78 is 40.0. The van der Waals surface area contributed by atoms with Crippen LogP contribution in [-0.2, 0) is 29.2 Å². The molecule has 1 atom stereocenters. The number of hydrogen-bond acceptors (Lipinski definition) is 6. The van der Waals surface area contributed by atoms with E-state index in [2.05, 4.69) is 4.72 Å². The van der Waals surface area contributed by atoms with E-state index in [0.717, 1.165) is 24.3 Å². The van der Waals surface area contributed by atoms with E-state index in [1.54, 1.807) is 0 Å². The molecular formula is C16H19FN2O6S. The number of sulfonamides is 1. The molecule has 0 aromatic heterocycles. The number of nitrogens with zero attached hydrogens (tertiary/aromatic N) is 1. The summed E-state index contributed by atoms with van der Waals surface area (Å²) in [6.45, 7) is 1.85. The number of hydroxylamine groups is 2. The van der Waals surface area contributed by atoms with Gasteiger partial charge in [0, 0.05) is 12.8 Å². The van der Waals surface area contributed by atoms with Crippen molar-refractivity contribution >= 4 is 27.8 Å². The van der Waals surface area contributed by atoms with Gasteiger partial charge in [-0.25, -0.2) is 17.6 Å². The van der Waals surface area contributed by atoms with Crippen LogP contribution in [0.3, 0.4) is 0 Å². The molecule has 1 aromatic rings. The van der Waals surface area contributed by atoms with Crippen molar-refractivity contribution in [3.63, 3.8) is 0 Å². The summed E-state index contributed by atoms with van der Waals surface area (Å²) in [5.74, 6) is -2.96. The first-order valence-corrected chi connectivity index (χ1v) is 9.58. The first-order chi connectivity index (χ1) is 12.2. The molecule has 0 aliphatic carbocycles. The van der Waals surface area contributed by atoms with Gasteiger partial charge in [0.15, 0.2) is 0 Å². The first-order valence-electron chi connectivity index (χ1n) is 8.10. The number of amides is 2. The Bertz CT molecular complexity index is 777. The lowest BCUT2D eigenvalue weighted by atomic mass is 10.1. The smallest absolute Gasteiger partial charge is 0.329 e. The van der Waals surface area contributed by atoms with Crippen molar-refractivity contribution in [2.24, 2.45) is 0 Å². The van der Waals surface area contributed by atoms with Crippen molar-refractivity contribution in [2.45, 2.75) is 50.0 Å². The Kier molecular flexibility index (Phi) is 6.43. The van der Waals surface area contributed by atoms with Gasteiger partial charge in [0.05, 0.1) is 4.90 Å². The number of carbonyl (C=O) groups is 3. The van der Waals surface area contributed by atoms with Gasteiger partial charge in [-0.15, -0.1) is 5.06 Å². The molecule has 0 radical (unpaired) electrons. The zero-order valence-electron chi connectivity index (χ0n) is 14.1. The van der Waals surface area contributed by atoms with Crippen LogP contribution in [0.2, 0.25) is 0 Å². The second kappa shape index (κ2) is 8.37. The maximum atomic E-state index is 13.0. The average molecular weight is 386 g/mol. The average Bonchev–Trinajstić information content (AvgIpc) is 2.90. The third kappa shape index (κ3) is 4.85. The van der Waals surface area contributed by atoms with Gasteiger partial charge < -0.3 is 4.84 Å². The zero-order valence-corrected chi connectivity index (χ0v) is 14.9. The highest BCUT2D eigenvalue weighted by Gasteiger charge is 2.36. The largest absolute Gasteiger partial charge is 0.350 e. The molecule has 0 unspecified atom stereocenters. The van der Waals surface area contributed by atoms with Gasteiger partial charge in [-0.1, -0.05) is 19.8 Å². The lowest BCUT2D eigenvalue weighted by Crippen LogP contribution is -2.45. The summed E-state index contributed by atoms with van der Waals surface area (Å²) in [5.41, 5.74) is 0. The minimum Gasteiger partial charge on any atom is -0.329 e.